The molecule has 1 heterocycles. The molecule has 1 rings (SSSR count). The second kappa shape index (κ2) is 7.11. The SMILES string of the molecule is CC(C)(C)OC(=O)N1C[C@H](N)C[C@H](CO[Si](C)(C)C(C)(C)C)C1. The van der Waals surface area contributed by atoms with Crippen LogP contribution in [0.25, 0.3) is 0 Å². The number of nitrogens with zero attached hydrogens (tertiary/aromatic N) is 1. The van der Waals surface area contributed by atoms with Crippen LogP contribution >= 0.6 is 0 Å². The summed E-state index contributed by atoms with van der Waals surface area (Å²) in [6, 6.07) is -0.00992. The Balaban J connectivity index is 2.63. The molecule has 0 bridgehead atoms. The van der Waals surface area contributed by atoms with E-state index in [0.29, 0.717) is 19.7 Å². The Kier molecular flexibility index (Phi) is 6.32. The number of rotatable bonds is 3. The minimum atomic E-state index is -1.77. The highest BCUT2D eigenvalue weighted by atomic mass is 28.4. The van der Waals surface area contributed by atoms with Crippen LogP contribution in [0.3, 0.4) is 0 Å². The molecule has 1 fully saturated rings. The molecule has 0 aromatic heterocycles. The predicted molar refractivity (Wildman–Crippen MR) is 97.0 cm³/mol. The van der Waals surface area contributed by atoms with Crippen molar-refractivity contribution in [2.24, 2.45) is 11.7 Å². The van der Waals surface area contributed by atoms with E-state index in [-0.39, 0.29) is 23.1 Å². The monoisotopic (exact) mass is 344 g/mol. The van der Waals surface area contributed by atoms with Gasteiger partial charge in [0.2, 0.25) is 0 Å². The standard InChI is InChI=1S/C17H36N2O3Si/c1-16(2,3)22-15(20)19-10-13(9-14(18)11-19)12-21-23(7,8)17(4,5)6/h13-14H,9-12,18H2,1-8H3/t13-,14+/m0/s1. The number of piperidine rings is 1. The van der Waals surface area contributed by atoms with Crippen LogP contribution in [0.15, 0.2) is 0 Å². The molecular weight excluding hydrogens is 308 g/mol. The molecule has 2 atom stereocenters. The maximum Gasteiger partial charge on any atom is 0.410 e. The van der Waals surface area contributed by atoms with Gasteiger partial charge in [0.25, 0.3) is 0 Å². The number of ether oxygens (including phenoxy) is 1. The Morgan fingerprint density at radius 2 is 1.74 bits per heavy atom. The van der Waals surface area contributed by atoms with Crippen molar-refractivity contribution in [2.45, 2.75) is 77.7 Å². The van der Waals surface area contributed by atoms with Gasteiger partial charge in [-0.15, -0.1) is 0 Å². The first-order valence-corrected chi connectivity index (χ1v) is 11.5. The molecule has 5 nitrogen and oxygen atoms in total. The first-order valence-electron chi connectivity index (χ1n) is 8.59. The molecule has 1 aliphatic heterocycles. The molecule has 6 heteroatoms. The van der Waals surface area contributed by atoms with E-state index in [2.05, 4.69) is 33.9 Å². The fourth-order valence-electron chi connectivity index (χ4n) is 2.39. The Hall–Kier alpha value is -0.593. The summed E-state index contributed by atoms with van der Waals surface area (Å²) < 4.78 is 11.8. The lowest BCUT2D eigenvalue weighted by atomic mass is 9.96. The van der Waals surface area contributed by atoms with E-state index in [9.17, 15) is 4.79 Å². The number of hydrogen-bond acceptors (Lipinski definition) is 4. The molecule has 0 unspecified atom stereocenters. The van der Waals surface area contributed by atoms with Gasteiger partial charge in [0, 0.05) is 31.7 Å². The highest BCUT2D eigenvalue weighted by Crippen LogP contribution is 2.37. The summed E-state index contributed by atoms with van der Waals surface area (Å²) in [7, 11) is -1.77. The Labute approximate surface area is 143 Å². The van der Waals surface area contributed by atoms with Crippen molar-refractivity contribution in [3.63, 3.8) is 0 Å². The largest absolute Gasteiger partial charge is 0.444 e. The lowest BCUT2D eigenvalue weighted by Crippen LogP contribution is -2.52. The van der Waals surface area contributed by atoms with Crippen LogP contribution in [0.5, 0.6) is 0 Å². The van der Waals surface area contributed by atoms with Crippen LogP contribution in [0, 0.1) is 5.92 Å². The van der Waals surface area contributed by atoms with Crippen molar-refractivity contribution < 1.29 is 14.0 Å². The Morgan fingerprint density at radius 1 is 1.17 bits per heavy atom. The summed E-state index contributed by atoms with van der Waals surface area (Å²) in [5, 5.41) is 0.189. The number of carbonyl (C=O) groups is 1. The highest BCUT2D eigenvalue weighted by Gasteiger charge is 2.39. The third kappa shape index (κ3) is 6.43. The molecule has 23 heavy (non-hydrogen) atoms. The number of likely N-dealkylation sites (tertiary alicyclic amines) is 1. The lowest BCUT2D eigenvalue weighted by molar-refractivity contribution is 0.0111. The van der Waals surface area contributed by atoms with Crippen molar-refractivity contribution >= 4 is 14.4 Å². The van der Waals surface area contributed by atoms with Gasteiger partial charge in [0.05, 0.1) is 0 Å². The smallest absolute Gasteiger partial charge is 0.410 e. The Bertz CT molecular complexity index is 413. The molecule has 2 N–H and O–H groups in total. The fourth-order valence-corrected chi connectivity index (χ4v) is 3.47. The summed E-state index contributed by atoms with van der Waals surface area (Å²) in [6.07, 6.45) is 0.624. The van der Waals surface area contributed by atoms with Gasteiger partial charge in [-0.25, -0.2) is 4.79 Å². The average Bonchev–Trinajstić information content (AvgIpc) is 2.32. The summed E-state index contributed by atoms with van der Waals surface area (Å²) in [5.74, 6) is 0.278. The molecule has 1 saturated heterocycles. The van der Waals surface area contributed by atoms with E-state index in [4.69, 9.17) is 14.9 Å². The minimum Gasteiger partial charge on any atom is -0.444 e. The molecular formula is C17H36N2O3Si. The van der Waals surface area contributed by atoms with E-state index >= 15 is 0 Å². The van der Waals surface area contributed by atoms with Crippen molar-refractivity contribution in [1.82, 2.24) is 4.90 Å². The van der Waals surface area contributed by atoms with Crippen molar-refractivity contribution in [1.29, 1.82) is 0 Å². The average molecular weight is 345 g/mol. The molecule has 0 spiro atoms. The summed E-state index contributed by atoms with van der Waals surface area (Å²) >= 11 is 0. The van der Waals surface area contributed by atoms with Crippen LogP contribution in [-0.4, -0.2) is 50.6 Å². The zero-order valence-corrected chi connectivity index (χ0v) is 17.2. The second-order valence-corrected chi connectivity index (χ2v) is 14.1. The first-order chi connectivity index (χ1) is 10.2. The minimum absolute atomic E-state index is 0.00992. The zero-order chi connectivity index (χ0) is 18.1. The molecule has 0 aliphatic carbocycles. The number of carbonyl (C=O) groups excluding carboxylic acids is 1. The van der Waals surface area contributed by atoms with E-state index in [1.54, 1.807) is 4.90 Å². The third-order valence-corrected chi connectivity index (χ3v) is 9.21. The quantitative estimate of drug-likeness (QED) is 0.795. The summed E-state index contributed by atoms with van der Waals surface area (Å²) in [4.78, 5) is 14.0. The van der Waals surface area contributed by atoms with Gasteiger partial charge in [0.15, 0.2) is 8.32 Å². The van der Waals surface area contributed by atoms with Gasteiger partial charge in [-0.2, -0.15) is 0 Å². The maximum absolute atomic E-state index is 12.3. The van der Waals surface area contributed by atoms with Gasteiger partial charge in [-0.3, -0.25) is 0 Å². The third-order valence-electron chi connectivity index (χ3n) is 4.71. The van der Waals surface area contributed by atoms with Crippen molar-refractivity contribution in [2.75, 3.05) is 19.7 Å². The molecule has 0 aromatic rings. The van der Waals surface area contributed by atoms with Crippen molar-refractivity contribution in [3.8, 4) is 0 Å². The normalized spacial score (nSPS) is 23.8. The van der Waals surface area contributed by atoms with Crippen LogP contribution in [0.4, 0.5) is 4.79 Å². The fraction of sp³-hybridized carbons (Fsp3) is 0.941. The molecule has 1 aliphatic rings. The molecule has 0 saturated carbocycles. The molecule has 136 valence electrons. The van der Waals surface area contributed by atoms with Gasteiger partial charge >= 0.3 is 6.09 Å². The molecule has 0 radical (unpaired) electrons. The van der Waals surface area contributed by atoms with E-state index < -0.39 is 13.9 Å². The van der Waals surface area contributed by atoms with Crippen LogP contribution < -0.4 is 5.73 Å². The maximum atomic E-state index is 12.3. The van der Waals surface area contributed by atoms with Gasteiger partial charge < -0.3 is 19.8 Å². The van der Waals surface area contributed by atoms with Crippen LogP contribution in [0.2, 0.25) is 18.1 Å². The van der Waals surface area contributed by atoms with Gasteiger partial charge in [-0.1, -0.05) is 20.8 Å². The zero-order valence-electron chi connectivity index (χ0n) is 16.2. The van der Waals surface area contributed by atoms with E-state index in [1.165, 1.54) is 0 Å². The number of amides is 1. The first kappa shape index (κ1) is 20.5. The van der Waals surface area contributed by atoms with Crippen LogP contribution in [-0.2, 0) is 9.16 Å². The predicted octanol–water partition coefficient (Wildman–Crippen LogP) is 3.59. The number of hydrogen-bond donors (Lipinski definition) is 1. The van der Waals surface area contributed by atoms with Crippen LogP contribution in [0.1, 0.15) is 48.0 Å². The Morgan fingerprint density at radius 3 is 2.22 bits per heavy atom. The lowest BCUT2D eigenvalue weighted by Gasteiger charge is -2.40. The van der Waals surface area contributed by atoms with Gasteiger partial charge in [-0.05, 0) is 45.3 Å². The number of nitrogens with two attached hydrogens (primary N) is 1. The molecule has 0 aromatic carbocycles. The van der Waals surface area contributed by atoms with Crippen molar-refractivity contribution in [3.05, 3.63) is 0 Å². The highest BCUT2D eigenvalue weighted by molar-refractivity contribution is 6.74. The van der Waals surface area contributed by atoms with E-state index in [0.717, 1.165) is 6.42 Å². The second-order valence-electron chi connectivity index (χ2n) is 9.32. The summed E-state index contributed by atoms with van der Waals surface area (Å²) in [5.41, 5.74) is 5.67. The summed E-state index contributed by atoms with van der Waals surface area (Å²) in [6.45, 7) is 18.7. The van der Waals surface area contributed by atoms with E-state index in [1.807, 2.05) is 20.8 Å². The van der Waals surface area contributed by atoms with Gasteiger partial charge in [0.1, 0.15) is 5.60 Å². The topological polar surface area (TPSA) is 64.8 Å². The molecule has 1 amide bonds.